The SMILES string of the molecule is CCCn1cc(CNc2cc(F)c(Br)cc2C)cn1. The van der Waals surface area contributed by atoms with Crippen LogP contribution in [0.2, 0.25) is 0 Å². The van der Waals surface area contributed by atoms with Crippen molar-refractivity contribution in [2.45, 2.75) is 33.4 Å². The summed E-state index contributed by atoms with van der Waals surface area (Å²) >= 11 is 3.18. The van der Waals surface area contributed by atoms with Gasteiger partial charge in [-0.25, -0.2) is 4.39 Å². The summed E-state index contributed by atoms with van der Waals surface area (Å²) in [6.07, 6.45) is 4.92. The van der Waals surface area contributed by atoms with E-state index in [0.717, 1.165) is 29.8 Å². The van der Waals surface area contributed by atoms with Crippen LogP contribution in [0.1, 0.15) is 24.5 Å². The fraction of sp³-hybridized carbons (Fsp3) is 0.357. The Morgan fingerprint density at radius 3 is 2.95 bits per heavy atom. The highest BCUT2D eigenvalue weighted by Crippen LogP contribution is 2.24. The molecule has 1 aromatic heterocycles. The van der Waals surface area contributed by atoms with E-state index in [1.165, 1.54) is 6.07 Å². The van der Waals surface area contributed by atoms with Gasteiger partial charge in [-0.05, 0) is 47.0 Å². The Kier molecular flexibility index (Phi) is 4.58. The number of halogens is 2. The van der Waals surface area contributed by atoms with Crippen molar-refractivity contribution in [1.82, 2.24) is 9.78 Å². The lowest BCUT2D eigenvalue weighted by Gasteiger charge is -2.09. The number of hydrogen-bond acceptors (Lipinski definition) is 2. The van der Waals surface area contributed by atoms with Crippen molar-refractivity contribution < 1.29 is 4.39 Å². The minimum absolute atomic E-state index is 0.255. The number of nitrogens with zero attached hydrogens (tertiary/aromatic N) is 2. The number of nitrogens with one attached hydrogen (secondary N) is 1. The first-order chi connectivity index (χ1) is 9.10. The summed E-state index contributed by atoms with van der Waals surface area (Å²) in [4.78, 5) is 0. The monoisotopic (exact) mass is 325 g/mol. The molecule has 3 nitrogen and oxygen atoms in total. The van der Waals surface area contributed by atoms with Crippen molar-refractivity contribution >= 4 is 21.6 Å². The zero-order valence-electron chi connectivity index (χ0n) is 11.1. The van der Waals surface area contributed by atoms with Gasteiger partial charge < -0.3 is 5.32 Å². The van der Waals surface area contributed by atoms with Gasteiger partial charge in [0.15, 0.2) is 0 Å². The largest absolute Gasteiger partial charge is 0.381 e. The molecule has 0 spiro atoms. The maximum Gasteiger partial charge on any atom is 0.139 e. The second-order valence-electron chi connectivity index (χ2n) is 4.55. The highest BCUT2D eigenvalue weighted by Gasteiger charge is 2.05. The molecule has 0 saturated heterocycles. The van der Waals surface area contributed by atoms with Crippen molar-refractivity contribution in [2.24, 2.45) is 0 Å². The Balaban J connectivity index is 2.03. The highest BCUT2D eigenvalue weighted by molar-refractivity contribution is 9.10. The number of aryl methyl sites for hydroxylation is 2. The summed E-state index contributed by atoms with van der Waals surface area (Å²) < 4.78 is 15.9. The molecule has 0 fully saturated rings. The lowest BCUT2D eigenvalue weighted by Crippen LogP contribution is -2.01. The zero-order chi connectivity index (χ0) is 13.8. The van der Waals surface area contributed by atoms with Crippen LogP contribution in [-0.2, 0) is 13.1 Å². The first-order valence-electron chi connectivity index (χ1n) is 6.31. The molecule has 2 rings (SSSR count). The van der Waals surface area contributed by atoms with Gasteiger partial charge >= 0.3 is 0 Å². The molecule has 0 amide bonds. The summed E-state index contributed by atoms with van der Waals surface area (Å²) in [6, 6.07) is 3.29. The number of hydrogen-bond donors (Lipinski definition) is 1. The van der Waals surface area contributed by atoms with E-state index in [1.54, 1.807) is 6.07 Å². The standard InChI is InChI=1S/C14H17BrFN3/c1-3-4-19-9-11(8-18-19)7-17-14-6-13(16)12(15)5-10(14)2/h5-6,8-9,17H,3-4,7H2,1-2H3. The molecule has 0 unspecified atom stereocenters. The third kappa shape index (κ3) is 3.56. The van der Waals surface area contributed by atoms with Crippen molar-refractivity contribution in [3.63, 3.8) is 0 Å². The highest BCUT2D eigenvalue weighted by atomic mass is 79.9. The second-order valence-corrected chi connectivity index (χ2v) is 5.40. The Bertz CT molecular complexity index is 566. The van der Waals surface area contributed by atoms with E-state index in [2.05, 4.69) is 33.3 Å². The molecule has 102 valence electrons. The van der Waals surface area contributed by atoms with Crippen molar-refractivity contribution in [2.75, 3.05) is 5.32 Å². The van der Waals surface area contributed by atoms with E-state index in [1.807, 2.05) is 24.0 Å². The Morgan fingerprint density at radius 1 is 1.42 bits per heavy atom. The van der Waals surface area contributed by atoms with Gasteiger partial charge in [0.1, 0.15) is 5.82 Å². The normalized spacial score (nSPS) is 10.7. The molecule has 0 aliphatic rings. The predicted octanol–water partition coefficient (Wildman–Crippen LogP) is 4.12. The summed E-state index contributed by atoms with van der Waals surface area (Å²) in [7, 11) is 0. The van der Waals surface area contributed by atoms with E-state index in [-0.39, 0.29) is 5.82 Å². The molecule has 0 aliphatic carbocycles. The van der Waals surface area contributed by atoms with Gasteiger partial charge in [-0.2, -0.15) is 5.10 Å². The van der Waals surface area contributed by atoms with E-state index in [0.29, 0.717) is 11.0 Å². The molecular formula is C14H17BrFN3. The Labute approximate surface area is 121 Å². The van der Waals surface area contributed by atoms with Gasteiger partial charge in [0, 0.05) is 30.5 Å². The van der Waals surface area contributed by atoms with Crippen LogP contribution in [0, 0.1) is 12.7 Å². The maximum absolute atomic E-state index is 13.5. The first-order valence-corrected chi connectivity index (χ1v) is 7.10. The molecule has 1 heterocycles. The molecule has 1 aromatic carbocycles. The topological polar surface area (TPSA) is 29.9 Å². The molecule has 0 atom stereocenters. The molecular weight excluding hydrogens is 309 g/mol. The molecule has 0 bridgehead atoms. The molecule has 2 aromatic rings. The number of anilines is 1. The Morgan fingerprint density at radius 2 is 2.21 bits per heavy atom. The third-order valence-electron chi connectivity index (χ3n) is 2.89. The van der Waals surface area contributed by atoms with Crippen LogP contribution in [-0.4, -0.2) is 9.78 Å². The van der Waals surface area contributed by atoms with Crippen LogP contribution in [0.3, 0.4) is 0 Å². The van der Waals surface area contributed by atoms with Crippen LogP contribution in [0.25, 0.3) is 0 Å². The minimum atomic E-state index is -0.255. The molecule has 19 heavy (non-hydrogen) atoms. The summed E-state index contributed by atoms with van der Waals surface area (Å²) in [5.41, 5.74) is 2.91. The quantitative estimate of drug-likeness (QED) is 0.896. The number of aromatic nitrogens is 2. The van der Waals surface area contributed by atoms with Gasteiger partial charge in [0.2, 0.25) is 0 Å². The molecule has 0 saturated carbocycles. The minimum Gasteiger partial charge on any atom is -0.381 e. The summed E-state index contributed by atoms with van der Waals surface area (Å²) in [6.45, 7) is 5.64. The molecule has 0 radical (unpaired) electrons. The lowest BCUT2D eigenvalue weighted by molar-refractivity contribution is 0.602. The van der Waals surface area contributed by atoms with Crippen molar-refractivity contribution in [3.05, 3.63) is 45.9 Å². The van der Waals surface area contributed by atoms with Crippen LogP contribution in [0.15, 0.2) is 29.0 Å². The second kappa shape index (κ2) is 6.19. The lowest BCUT2D eigenvalue weighted by atomic mass is 10.2. The zero-order valence-corrected chi connectivity index (χ0v) is 12.7. The van der Waals surface area contributed by atoms with E-state index >= 15 is 0 Å². The van der Waals surface area contributed by atoms with Crippen LogP contribution in [0.5, 0.6) is 0 Å². The van der Waals surface area contributed by atoms with Gasteiger partial charge in [0.25, 0.3) is 0 Å². The molecule has 1 N–H and O–H groups in total. The summed E-state index contributed by atoms with van der Waals surface area (Å²) in [5.74, 6) is -0.255. The van der Waals surface area contributed by atoms with Crippen molar-refractivity contribution in [1.29, 1.82) is 0 Å². The summed E-state index contributed by atoms with van der Waals surface area (Å²) in [5, 5.41) is 7.51. The van der Waals surface area contributed by atoms with Gasteiger partial charge in [-0.1, -0.05) is 6.92 Å². The fourth-order valence-corrected chi connectivity index (χ4v) is 2.34. The van der Waals surface area contributed by atoms with Crippen LogP contribution < -0.4 is 5.32 Å². The van der Waals surface area contributed by atoms with Crippen molar-refractivity contribution in [3.8, 4) is 0 Å². The predicted molar refractivity (Wildman–Crippen MR) is 78.7 cm³/mol. The van der Waals surface area contributed by atoms with Gasteiger partial charge in [-0.15, -0.1) is 0 Å². The van der Waals surface area contributed by atoms with Crippen LogP contribution >= 0.6 is 15.9 Å². The smallest absolute Gasteiger partial charge is 0.139 e. The molecule has 5 heteroatoms. The number of benzene rings is 1. The van der Waals surface area contributed by atoms with E-state index < -0.39 is 0 Å². The van der Waals surface area contributed by atoms with E-state index in [9.17, 15) is 4.39 Å². The Hall–Kier alpha value is -1.36. The van der Waals surface area contributed by atoms with Gasteiger partial charge in [-0.3, -0.25) is 4.68 Å². The maximum atomic E-state index is 13.5. The third-order valence-corrected chi connectivity index (χ3v) is 3.50. The number of rotatable bonds is 5. The van der Waals surface area contributed by atoms with Crippen LogP contribution in [0.4, 0.5) is 10.1 Å². The van der Waals surface area contributed by atoms with E-state index in [4.69, 9.17) is 0 Å². The average Bonchev–Trinajstić information content (AvgIpc) is 2.80. The first kappa shape index (κ1) is 14.1. The van der Waals surface area contributed by atoms with Gasteiger partial charge in [0.05, 0.1) is 10.7 Å². The fourth-order valence-electron chi connectivity index (χ4n) is 1.88. The average molecular weight is 326 g/mol. The molecule has 0 aliphatic heterocycles.